The summed E-state index contributed by atoms with van der Waals surface area (Å²) in [6.07, 6.45) is 1.31. The molecule has 0 aliphatic carbocycles. The number of rotatable bonds is 4. The van der Waals surface area contributed by atoms with Crippen molar-refractivity contribution in [3.05, 3.63) is 0 Å². The largest absolute Gasteiger partial charge is 0.449 e. The molecule has 0 spiro atoms. The van der Waals surface area contributed by atoms with Gasteiger partial charge in [0, 0.05) is 13.1 Å². The summed E-state index contributed by atoms with van der Waals surface area (Å²) in [6.45, 7) is 3.82. The normalized spacial score (nSPS) is 16.4. The number of amides is 2. The van der Waals surface area contributed by atoms with Crippen LogP contribution in [0.25, 0.3) is 0 Å². The maximum atomic E-state index is 11.3. The number of ether oxygens (including phenoxy) is 1. The van der Waals surface area contributed by atoms with E-state index in [0.717, 1.165) is 12.8 Å². The molecule has 1 N–H and O–H groups in total. The topological polar surface area (TPSA) is 58.6 Å². The summed E-state index contributed by atoms with van der Waals surface area (Å²) in [5.74, 6) is -0.120. The van der Waals surface area contributed by atoms with Gasteiger partial charge in [0.2, 0.25) is 5.91 Å². The van der Waals surface area contributed by atoms with Gasteiger partial charge in [0.25, 0.3) is 0 Å². The number of hydrogen-bond donors (Lipinski definition) is 1. The lowest BCUT2D eigenvalue weighted by Gasteiger charge is -2.25. The first-order valence-electron chi connectivity index (χ1n) is 4.92. The van der Waals surface area contributed by atoms with Gasteiger partial charge in [-0.15, -0.1) is 0 Å². The van der Waals surface area contributed by atoms with Crippen LogP contribution in [0.15, 0.2) is 0 Å². The molecule has 1 aliphatic heterocycles. The van der Waals surface area contributed by atoms with Crippen LogP contribution in [0, 0.1) is 0 Å². The van der Waals surface area contributed by atoms with E-state index in [9.17, 15) is 9.59 Å². The van der Waals surface area contributed by atoms with E-state index in [1.165, 1.54) is 4.90 Å². The minimum atomic E-state index is -0.386. The molecule has 1 aliphatic rings. The number of hydrogen-bond acceptors (Lipinski definition) is 3. The van der Waals surface area contributed by atoms with Gasteiger partial charge < -0.3 is 10.1 Å². The van der Waals surface area contributed by atoms with E-state index in [1.54, 1.807) is 0 Å². The summed E-state index contributed by atoms with van der Waals surface area (Å²) >= 11 is 0. The van der Waals surface area contributed by atoms with Crippen LogP contribution in [-0.2, 0) is 9.53 Å². The number of nitrogens with zero attached hydrogens (tertiary/aromatic N) is 1. The summed E-state index contributed by atoms with van der Waals surface area (Å²) in [5.41, 5.74) is 0. The highest BCUT2D eigenvalue weighted by atomic mass is 16.6. The molecular weight excluding hydrogens is 184 g/mol. The van der Waals surface area contributed by atoms with Crippen LogP contribution in [0.1, 0.15) is 19.8 Å². The lowest BCUT2D eigenvalue weighted by molar-refractivity contribution is -0.122. The van der Waals surface area contributed by atoms with Gasteiger partial charge in [-0.2, -0.15) is 0 Å². The van der Waals surface area contributed by atoms with Crippen LogP contribution in [0.4, 0.5) is 4.79 Å². The first-order chi connectivity index (χ1) is 6.74. The van der Waals surface area contributed by atoms with Gasteiger partial charge in [0.15, 0.2) is 0 Å². The van der Waals surface area contributed by atoms with Crippen LogP contribution in [-0.4, -0.2) is 43.1 Å². The molecule has 1 rings (SSSR count). The molecule has 0 aromatic carbocycles. The Labute approximate surface area is 83.4 Å². The molecule has 80 valence electrons. The Morgan fingerprint density at radius 1 is 1.64 bits per heavy atom. The molecule has 0 aromatic rings. The molecule has 1 saturated heterocycles. The summed E-state index contributed by atoms with van der Waals surface area (Å²) in [5, 5.41) is 2.71. The second kappa shape index (κ2) is 5.47. The molecule has 2 amide bonds. The van der Waals surface area contributed by atoms with Crippen molar-refractivity contribution in [2.45, 2.75) is 19.8 Å². The SMILES string of the molecule is CCCNC(=O)CN1CCCOC1=O. The fourth-order valence-electron chi connectivity index (χ4n) is 1.23. The molecule has 0 bridgehead atoms. The summed E-state index contributed by atoms with van der Waals surface area (Å²) in [4.78, 5) is 23.8. The third-order valence-corrected chi connectivity index (χ3v) is 1.96. The lowest BCUT2D eigenvalue weighted by atomic mass is 10.3. The molecule has 14 heavy (non-hydrogen) atoms. The third-order valence-electron chi connectivity index (χ3n) is 1.96. The highest BCUT2D eigenvalue weighted by Crippen LogP contribution is 2.03. The quantitative estimate of drug-likeness (QED) is 0.712. The third kappa shape index (κ3) is 3.24. The zero-order valence-electron chi connectivity index (χ0n) is 8.41. The molecule has 5 heteroatoms. The Morgan fingerprint density at radius 3 is 3.07 bits per heavy atom. The van der Waals surface area contributed by atoms with E-state index in [2.05, 4.69) is 5.32 Å². The Balaban J connectivity index is 2.27. The monoisotopic (exact) mass is 200 g/mol. The molecule has 5 nitrogen and oxygen atoms in total. The molecule has 1 heterocycles. The van der Waals surface area contributed by atoms with Crippen LogP contribution < -0.4 is 5.32 Å². The van der Waals surface area contributed by atoms with E-state index in [-0.39, 0.29) is 18.5 Å². The summed E-state index contributed by atoms with van der Waals surface area (Å²) in [6, 6.07) is 0. The highest BCUT2D eigenvalue weighted by molar-refractivity contribution is 5.82. The smallest absolute Gasteiger partial charge is 0.410 e. The van der Waals surface area contributed by atoms with Crippen molar-refractivity contribution in [2.75, 3.05) is 26.2 Å². The molecule has 0 radical (unpaired) electrons. The van der Waals surface area contributed by atoms with E-state index in [4.69, 9.17) is 4.74 Å². The molecule has 0 aromatic heterocycles. The Kier molecular flexibility index (Phi) is 4.22. The summed E-state index contributed by atoms with van der Waals surface area (Å²) in [7, 11) is 0. The first kappa shape index (κ1) is 10.8. The predicted octanol–water partition coefficient (Wildman–Crippen LogP) is 0.355. The van der Waals surface area contributed by atoms with E-state index in [0.29, 0.717) is 19.7 Å². The van der Waals surface area contributed by atoms with Crippen molar-refractivity contribution in [2.24, 2.45) is 0 Å². The molecule has 0 atom stereocenters. The van der Waals surface area contributed by atoms with E-state index < -0.39 is 0 Å². The van der Waals surface area contributed by atoms with Gasteiger partial charge in [-0.25, -0.2) is 4.79 Å². The van der Waals surface area contributed by atoms with Crippen LogP contribution in [0.3, 0.4) is 0 Å². The number of carbonyl (C=O) groups is 2. The van der Waals surface area contributed by atoms with Crippen LogP contribution >= 0.6 is 0 Å². The maximum absolute atomic E-state index is 11.3. The van der Waals surface area contributed by atoms with Crippen molar-refractivity contribution < 1.29 is 14.3 Å². The van der Waals surface area contributed by atoms with Crippen molar-refractivity contribution >= 4 is 12.0 Å². The molecule has 0 unspecified atom stereocenters. The van der Waals surface area contributed by atoms with Gasteiger partial charge in [-0.1, -0.05) is 6.92 Å². The lowest BCUT2D eigenvalue weighted by Crippen LogP contribution is -2.44. The standard InChI is InChI=1S/C9H16N2O3/c1-2-4-10-8(12)7-11-5-3-6-14-9(11)13/h2-7H2,1H3,(H,10,12). The number of carbonyl (C=O) groups excluding carboxylic acids is 2. The first-order valence-corrected chi connectivity index (χ1v) is 4.92. The number of nitrogens with one attached hydrogen (secondary N) is 1. The highest BCUT2D eigenvalue weighted by Gasteiger charge is 2.21. The molecular formula is C9H16N2O3. The minimum Gasteiger partial charge on any atom is -0.449 e. The average Bonchev–Trinajstić information content (AvgIpc) is 2.18. The van der Waals surface area contributed by atoms with Crippen LogP contribution in [0.2, 0.25) is 0 Å². The van der Waals surface area contributed by atoms with Gasteiger partial charge in [-0.05, 0) is 12.8 Å². The molecule has 1 fully saturated rings. The fourth-order valence-corrected chi connectivity index (χ4v) is 1.23. The van der Waals surface area contributed by atoms with Crippen LogP contribution in [0.5, 0.6) is 0 Å². The van der Waals surface area contributed by atoms with Gasteiger partial charge in [-0.3, -0.25) is 9.69 Å². The fraction of sp³-hybridized carbons (Fsp3) is 0.778. The summed E-state index contributed by atoms with van der Waals surface area (Å²) < 4.78 is 4.80. The Hall–Kier alpha value is -1.26. The van der Waals surface area contributed by atoms with Gasteiger partial charge >= 0.3 is 6.09 Å². The van der Waals surface area contributed by atoms with Gasteiger partial charge in [0.05, 0.1) is 6.61 Å². The minimum absolute atomic E-state index is 0.110. The van der Waals surface area contributed by atoms with Crippen molar-refractivity contribution in [1.82, 2.24) is 10.2 Å². The van der Waals surface area contributed by atoms with E-state index >= 15 is 0 Å². The van der Waals surface area contributed by atoms with Gasteiger partial charge in [0.1, 0.15) is 6.54 Å². The second-order valence-corrected chi connectivity index (χ2v) is 3.24. The van der Waals surface area contributed by atoms with Crippen molar-refractivity contribution in [3.63, 3.8) is 0 Å². The zero-order chi connectivity index (χ0) is 10.4. The van der Waals surface area contributed by atoms with Crippen molar-refractivity contribution in [1.29, 1.82) is 0 Å². The maximum Gasteiger partial charge on any atom is 0.410 e. The average molecular weight is 200 g/mol. The predicted molar refractivity (Wildman–Crippen MR) is 50.8 cm³/mol. The van der Waals surface area contributed by atoms with Crippen molar-refractivity contribution in [3.8, 4) is 0 Å². The molecule has 0 saturated carbocycles. The Bertz CT molecular complexity index is 218. The Morgan fingerprint density at radius 2 is 2.43 bits per heavy atom. The van der Waals surface area contributed by atoms with E-state index in [1.807, 2.05) is 6.92 Å². The number of cyclic esters (lactones) is 1. The zero-order valence-corrected chi connectivity index (χ0v) is 8.41. The second-order valence-electron chi connectivity index (χ2n) is 3.24.